The van der Waals surface area contributed by atoms with Gasteiger partial charge in [-0.1, -0.05) is 11.6 Å². The fraction of sp³-hybridized carbons (Fsp3) is 0.462. The first-order valence-electron chi connectivity index (χ1n) is 6.04. The number of halogens is 2. The van der Waals surface area contributed by atoms with E-state index in [2.05, 4.69) is 9.55 Å². The summed E-state index contributed by atoms with van der Waals surface area (Å²) in [6.07, 6.45) is 0.750. The summed E-state index contributed by atoms with van der Waals surface area (Å²) in [6, 6.07) is 5.73. The molecule has 1 aromatic carbocycles. The van der Waals surface area contributed by atoms with Crippen LogP contribution >= 0.6 is 23.2 Å². The molecule has 0 saturated heterocycles. The van der Waals surface area contributed by atoms with Gasteiger partial charge in [-0.2, -0.15) is 0 Å². The minimum Gasteiger partial charge on any atom is -0.380 e. The third-order valence-corrected chi connectivity index (χ3v) is 3.19. The van der Waals surface area contributed by atoms with E-state index >= 15 is 0 Å². The van der Waals surface area contributed by atoms with Crippen molar-refractivity contribution < 1.29 is 4.74 Å². The van der Waals surface area contributed by atoms with Crippen LogP contribution in [0.4, 0.5) is 0 Å². The predicted molar refractivity (Wildman–Crippen MR) is 75.7 cm³/mol. The monoisotopic (exact) mass is 286 g/mol. The Kier molecular flexibility index (Phi) is 4.87. The first kappa shape index (κ1) is 13.7. The van der Waals surface area contributed by atoms with Crippen LogP contribution in [0.5, 0.6) is 0 Å². The van der Waals surface area contributed by atoms with Crippen molar-refractivity contribution in [3.8, 4) is 0 Å². The third kappa shape index (κ3) is 2.97. The molecule has 0 saturated carbocycles. The Morgan fingerprint density at radius 3 is 2.94 bits per heavy atom. The highest BCUT2D eigenvalue weighted by Crippen LogP contribution is 2.21. The smallest absolute Gasteiger partial charge is 0.111 e. The van der Waals surface area contributed by atoms with Gasteiger partial charge in [0.1, 0.15) is 5.82 Å². The van der Waals surface area contributed by atoms with Gasteiger partial charge in [-0.05, 0) is 25.1 Å². The second-order valence-corrected chi connectivity index (χ2v) is 4.76. The lowest BCUT2D eigenvalue weighted by Crippen LogP contribution is -2.10. The second kappa shape index (κ2) is 6.41. The zero-order chi connectivity index (χ0) is 13.0. The lowest BCUT2D eigenvalue weighted by atomic mass is 10.3. The highest BCUT2D eigenvalue weighted by atomic mass is 35.5. The Hall–Kier alpha value is -0.770. The molecular formula is C13H16Cl2N2O. The summed E-state index contributed by atoms with van der Waals surface area (Å²) in [6.45, 7) is 4.15. The predicted octanol–water partition coefficient (Wildman–Crippen LogP) is 3.51. The van der Waals surface area contributed by atoms with Gasteiger partial charge < -0.3 is 9.30 Å². The molecule has 0 atom stereocenters. The Morgan fingerprint density at radius 1 is 1.39 bits per heavy atom. The molecule has 18 heavy (non-hydrogen) atoms. The maximum atomic E-state index is 6.04. The molecule has 0 aliphatic heterocycles. The van der Waals surface area contributed by atoms with E-state index in [4.69, 9.17) is 27.9 Å². The molecule has 0 N–H and O–H groups in total. The van der Waals surface area contributed by atoms with Gasteiger partial charge in [0.25, 0.3) is 0 Å². The van der Waals surface area contributed by atoms with E-state index in [0.717, 1.165) is 41.5 Å². The molecule has 1 heterocycles. The normalized spacial score (nSPS) is 11.3. The van der Waals surface area contributed by atoms with Crippen LogP contribution in [0.15, 0.2) is 18.2 Å². The molecule has 0 bridgehead atoms. The van der Waals surface area contributed by atoms with Crippen molar-refractivity contribution in [3.05, 3.63) is 29.0 Å². The number of aromatic nitrogens is 2. The van der Waals surface area contributed by atoms with Crippen molar-refractivity contribution in [2.75, 3.05) is 19.1 Å². The van der Waals surface area contributed by atoms with Gasteiger partial charge in [0.05, 0.1) is 17.6 Å². The van der Waals surface area contributed by atoms with E-state index in [9.17, 15) is 0 Å². The fourth-order valence-corrected chi connectivity index (χ4v) is 2.31. The van der Waals surface area contributed by atoms with Gasteiger partial charge in [-0.25, -0.2) is 4.98 Å². The number of imidazole rings is 1. The van der Waals surface area contributed by atoms with Crippen LogP contribution in [-0.4, -0.2) is 28.6 Å². The highest BCUT2D eigenvalue weighted by molar-refractivity contribution is 6.31. The summed E-state index contributed by atoms with van der Waals surface area (Å²) in [7, 11) is 0. The van der Waals surface area contributed by atoms with Crippen molar-refractivity contribution >= 4 is 34.2 Å². The van der Waals surface area contributed by atoms with Crippen molar-refractivity contribution in [2.45, 2.75) is 19.9 Å². The SMILES string of the molecule is CCOCCn1c(CCCl)nc2ccc(Cl)cc21. The summed E-state index contributed by atoms with van der Waals surface area (Å²) in [5.41, 5.74) is 2.00. The van der Waals surface area contributed by atoms with Gasteiger partial charge in [0.15, 0.2) is 0 Å². The zero-order valence-electron chi connectivity index (χ0n) is 10.3. The highest BCUT2D eigenvalue weighted by Gasteiger charge is 2.10. The van der Waals surface area contributed by atoms with Crippen LogP contribution in [0.1, 0.15) is 12.7 Å². The number of fused-ring (bicyclic) bond motifs is 1. The first-order valence-corrected chi connectivity index (χ1v) is 6.96. The molecule has 3 nitrogen and oxygen atoms in total. The summed E-state index contributed by atoms with van der Waals surface area (Å²) in [5.74, 6) is 1.55. The van der Waals surface area contributed by atoms with Crippen molar-refractivity contribution in [1.29, 1.82) is 0 Å². The van der Waals surface area contributed by atoms with E-state index in [-0.39, 0.29) is 0 Å². The van der Waals surface area contributed by atoms with Crippen LogP contribution in [0.2, 0.25) is 5.02 Å². The van der Waals surface area contributed by atoms with Crippen molar-refractivity contribution in [1.82, 2.24) is 9.55 Å². The van der Waals surface area contributed by atoms with Crippen LogP contribution in [0, 0.1) is 0 Å². The van der Waals surface area contributed by atoms with E-state index < -0.39 is 0 Å². The molecule has 98 valence electrons. The largest absolute Gasteiger partial charge is 0.380 e. The second-order valence-electron chi connectivity index (χ2n) is 3.95. The molecule has 0 unspecified atom stereocenters. The van der Waals surface area contributed by atoms with E-state index in [0.29, 0.717) is 12.5 Å². The Morgan fingerprint density at radius 2 is 2.22 bits per heavy atom. The van der Waals surface area contributed by atoms with Gasteiger partial charge >= 0.3 is 0 Å². The molecule has 2 rings (SSSR count). The average Bonchev–Trinajstić information content (AvgIpc) is 2.68. The number of rotatable bonds is 6. The first-order chi connectivity index (χ1) is 8.76. The minimum atomic E-state index is 0.561. The molecule has 0 amide bonds. The molecule has 0 fully saturated rings. The molecule has 2 aromatic rings. The number of alkyl halides is 1. The summed E-state index contributed by atoms with van der Waals surface area (Å²) < 4.78 is 7.54. The topological polar surface area (TPSA) is 27.1 Å². The van der Waals surface area contributed by atoms with E-state index in [1.165, 1.54) is 0 Å². The quantitative estimate of drug-likeness (QED) is 0.600. The Labute approximate surface area is 117 Å². The molecule has 5 heteroatoms. The van der Waals surface area contributed by atoms with Crippen molar-refractivity contribution in [3.63, 3.8) is 0 Å². The van der Waals surface area contributed by atoms with Gasteiger partial charge in [-0.15, -0.1) is 11.6 Å². The van der Waals surface area contributed by atoms with Crippen LogP contribution < -0.4 is 0 Å². The number of benzene rings is 1. The maximum Gasteiger partial charge on any atom is 0.111 e. The molecule has 0 aliphatic rings. The van der Waals surface area contributed by atoms with E-state index in [1.807, 2.05) is 25.1 Å². The van der Waals surface area contributed by atoms with Gasteiger partial charge in [0, 0.05) is 30.5 Å². The third-order valence-electron chi connectivity index (χ3n) is 2.77. The lowest BCUT2D eigenvalue weighted by Gasteiger charge is -2.08. The molecule has 1 aromatic heterocycles. The van der Waals surface area contributed by atoms with Crippen molar-refractivity contribution in [2.24, 2.45) is 0 Å². The number of aryl methyl sites for hydroxylation is 1. The van der Waals surface area contributed by atoms with Crippen LogP contribution in [-0.2, 0) is 17.7 Å². The molecule has 0 radical (unpaired) electrons. The average molecular weight is 287 g/mol. The summed E-state index contributed by atoms with van der Waals surface area (Å²) in [4.78, 5) is 4.59. The zero-order valence-corrected chi connectivity index (χ0v) is 11.8. The number of hydrogen-bond donors (Lipinski definition) is 0. The lowest BCUT2D eigenvalue weighted by molar-refractivity contribution is 0.139. The van der Waals surface area contributed by atoms with E-state index in [1.54, 1.807) is 0 Å². The molecule has 0 aliphatic carbocycles. The summed E-state index contributed by atoms with van der Waals surface area (Å²) >= 11 is 11.9. The maximum absolute atomic E-state index is 6.04. The number of nitrogens with zero attached hydrogens (tertiary/aromatic N) is 2. The standard InChI is InChI=1S/C13H16Cl2N2O/c1-2-18-8-7-17-12-9-10(15)3-4-11(12)16-13(17)5-6-14/h3-4,9H,2,5-8H2,1H3. The molecular weight excluding hydrogens is 271 g/mol. The number of ether oxygens (including phenoxy) is 1. The van der Waals surface area contributed by atoms with Crippen LogP contribution in [0.3, 0.4) is 0 Å². The summed E-state index contributed by atoms with van der Waals surface area (Å²) in [5, 5.41) is 0.720. The Bertz CT molecular complexity index is 525. The fourth-order valence-electron chi connectivity index (χ4n) is 1.97. The minimum absolute atomic E-state index is 0.561. The van der Waals surface area contributed by atoms with Gasteiger partial charge in [-0.3, -0.25) is 0 Å². The molecule has 0 spiro atoms. The number of hydrogen-bond acceptors (Lipinski definition) is 2. The van der Waals surface area contributed by atoms with Crippen LogP contribution in [0.25, 0.3) is 11.0 Å². The Balaban J connectivity index is 2.36. The van der Waals surface area contributed by atoms with Gasteiger partial charge in [0.2, 0.25) is 0 Å².